The highest BCUT2D eigenvalue weighted by molar-refractivity contribution is 5.27. The van der Waals surface area contributed by atoms with Crippen LogP contribution in [-0.4, -0.2) is 12.5 Å². The van der Waals surface area contributed by atoms with Crippen LogP contribution in [0.25, 0.3) is 0 Å². The molecule has 0 heterocycles. The summed E-state index contributed by atoms with van der Waals surface area (Å²) in [5, 5.41) is 0. The van der Waals surface area contributed by atoms with Gasteiger partial charge in [-0.05, 0) is 23.0 Å². The standard InChI is InChI=1S/C13H19F2N/c1-13(2,3)10-6-4-9(5-7-10)8-11(16)12(14)15/h4-7,11-12H,8,16H2,1-3H3. The van der Waals surface area contributed by atoms with E-state index in [2.05, 4.69) is 20.8 Å². The molecule has 0 aliphatic carbocycles. The van der Waals surface area contributed by atoms with Gasteiger partial charge in [0.2, 0.25) is 0 Å². The van der Waals surface area contributed by atoms with E-state index in [0.29, 0.717) is 0 Å². The van der Waals surface area contributed by atoms with Crippen LogP contribution in [0.5, 0.6) is 0 Å². The summed E-state index contributed by atoms with van der Waals surface area (Å²) >= 11 is 0. The van der Waals surface area contributed by atoms with Gasteiger partial charge in [0, 0.05) is 0 Å². The van der Waals surface area contributed by atoms with Crippen molar-refractivity contribution in [2.45, 2.75) is 45.1 Å². The summed E-state index contributed by atoms with van der Waals surface area (Å²) in [5.74, 6) is 0. The van der Waals surface area contributed by atoms with Crippen LogP contribution in [0.4, 0.5) is 8.78 Å². The fourth-order valence-electron chi connectivity index (χ4n) is 1.50. The zero-order valence-electron chi connectivity index (χ0n) is 10.0. The molecule has 0 fully saturated rings. The number of hydrogen-bond acceptors (Lipinski definition) is 1. The molecule has 0 saturated carbocycles. The van der Waals surface area contributed by atoms with Gasteiger partial charge < -0.3 is 5.73 Å². The van der Waals surface area contributed by atoms with E-state index in [1.165, 1.54) is 5.56 Å². The normalized spacial score (nSPS) is 14.2. The Hall–Kier alpha value is -0.960. The van der Waals surface area contributed by atoms with Gasteiger partial charge >= 0.3 is 0 Å². The Morgan fingerprint density at radius 2 is 1.62 bits per heavy atom. The van der Waals surface area contributed by atoms with E-state index < -0.39 is 12.5 Å². The Balaban J connectivity index is 2.72. The molecule has 0 aromatic heterocycles. The number of nitrogens with two attached hydrogens (primary N) is 1. The Kier molecular flexibility index (Phi) is 4.03. The minimum Gasteiger partial charge on any atom is -0.323 e. The van der Waals surface area contributed by atoms with Crippen molar-refractivity contribution in [3.8, 4) is 0 Å². The Bertz CT molecular complexity index is 325. The lowest BCUT2D eigenvalue weighted by atomic mass is 9.86. The van der Waals surface area contributed by atoms with Crippen LogP contribution in [-0.2, 0) is 11.8 Å². The molecule has 0 bridgehead atoms. The first-order valence-corrected chi connectivity index (χ1v) is 5.44. The average molecular weight is 227 g/mol. The van der Waals surface area contributed by atoms with Gasteiger partial charge in [0.15, 0.2) is 0 Å². The maximum Gasteiger partial charge on any atom is 0.253 e. The molecule has 1 aromatic rings. The lowest BCUT2D eigenvalue weighted by Crippen LogP contribution is -2.30. The van der Waals surface area contributed by atoms with E-state index in [9.17, 15) is 8.78 Å². The zero-order valence-corrected chi connectivity index (χ0v) is 10.0. The van der Waals surface area contributed by atoms with Gasteiger partial charge in [-0.15, -0.1) is 0 Å². The van der Waals surface area contributed by atoms with Gasteiger partial charge in [-0.2, -0.15) is 0 Å². The summed E-state index contributed by atoms with van der Waals surface area (Å²) in [6, 6.07) is 6.65. The van der Waals surface area contributed by atoms with Gasteiger partial charge in [0.05, 0.1) is 6.04 Å². The summed E-state index contributed by atoms with van der Waals surface area (Å²) in [6.07, 6.45) is -2.23. The second kappa shape index (κ2) is 4.91. The predicted octanol–water partition coefficient (Wildman–Crippen LogP) is 3.12. The highest BCUT2D eigenvalue weighted by Gasteiger charge is 2.16. The third kappa shape index (κ3) is 3.56. The Morgan fingerprint density at radius 1 is 1.12 bits per heavy atom. The molecule has 2 N–H and O–H groups in total. The van der Waals surface area contributed by atoms with Gasteiger partial charge in [-0.1, -0.05) is 45.0 Å². The molecule has 3 heteroatoms. The highest BCUT2D eigenvalue weighted by atomic mass is 19.3. The van der Waals surface area contributed by atoms with Crippen LogP contribution in [0.2, 0.25) is 0 Å². The first-order chi connectivity index (χ1) is 7.30. The molecule has 0 spiro atoms. The van der Waals surface area contributed by atoms with Crippen molar-refractivity contribution in [1.82, 2.24) is 0 Å². The Morgan fingerprint density at radius 3 is 2.00 bits per heavy atom. The van der Waals surface area contributed by atoms with Crippen LogP contribution in [0.1, 0.15) is 31.9 Å². The molecule has 1 unspecified atom stereocenters. The lowest BCUT2D eigenvalue weighted by molar-refractivity contribution is 0.116. The monoisotopic (exact) mass is 227 g/mol. The molecular weight excluding hydrogens is 208 g/mol. The quantitative estimate of drug-likeness (QED) is 0.843. The van der Waals surface area contributed by atoms with Crippen LogP contribution in [0, 0.1) is 0 Å². The maximum absolute atomic E-state index is 12.3. The highest BCUT2D eigenvalue weighted by Crippen LogP contribution is 2.22. The topological polar surface area (TPSA) is 26.0 Å². The second-order valence-corrected chi connectivity index (χ2v) is 5.15. The molecule has 1 nitrogen and oxygen atoms in total. The van der Waals surface area contributed by atoms with Crippen molar-refractivity contribution in [3.63, 3.8) is 0 Å². The summed E-state index contributed by atoms with van der Waals surface area (Å²) in [5.41, 5.74) is 7.47. The van der Waals surface area contributed by atoms with E-state index >= 15 is 0 Å². The zero-order chi connectivity index (χ0) is 12.3. The summed E-state index contributed by atoms with van der Waals surface area (Å²) < 4.78 is 24.5. The fraction of sp³-hybridized carbons (Fsp3) is 0.538. The van der Waals surface area contributed by atoms with Crippen molar-refractivity contribution in [3.05, 3.63) is 35.4 Å². The van der Waals surface area contributed by atoms with Gasteiger partial charge in [-0.3, -0.25) is 0 Å². The van der Waals surface area contributed by atoms with Crippen molar-refractivity contribution < 1.29 is 8.78 Å². The first kappa shape index (κ1) is 13.1. The van der Waals surface area contributed by atoms with Crippen molar-refractivity contribution in [1.29, 1.82) is 0 Å². The molecule has 0 radical (unpaired) electrons. The van der Waals surface area contributed by atoms with Crippen molar-refractivity contribution in [2.24, 2.45) is 5.73 Å². The van der Waals surface area contributed by atoms with Crippen LogP contribution < -0.4 is 5.73 Å². The number of halogens is 2. The van der Waals surface area contributed by atoms with Gasteiger partial charge in [0.1, 0.15) is 0 Å². The molecular formula is C13H19F2N. The first-order valence-electron chi connectivity index (χ1n) is 5.44. The van der Waals surface area contributed by atoms with E-state index in [1.807, 2.05) is 24.3 Å². The summed E-state index contributed by atoms with van der Waals surface area (Å²) in [6.45, 7) is 6.35. The summed E-state index contributed by atoms with van der Waals surface area (Å²) in [7, 11) is 0. The van der Waals surface area contributed by atoms with E-state index in [4.69, 9.17) is 5.73 Å². The maximum atomic E-state index is 12.3. The molecule has 0 saturated heterocycles. The second-order valence-electron chi connectivity index (χ2n) is 5.15. The predicted molar refractivity (Wildman–Crippen MR) is 62.8 cm³/mol. The van der Waals surface area contributed by atoms with Crippen molar-refractivity contribution >= 4 is 0 Å². The van der Waals surface area contributed by atoms with Gasteiger partial charge in [0.25, 0.3) is 6.43 Å². The van der Waals surface area contributed by atoms with E-state index in [1.54, 1.807) is 0 Å². The molecule has 90 valence electrons. The smallest absolute Gasteiger partial charge is 0.253 e. The molecule has 0 aliphatic rings. The molecule has 1 aromatic carbocycles. The minimum absolute atomic E-state index is 0.0867. The van der Waals surface area contributed by atoms with E-state index in [0.717, 1.165) is 5.56 Å². The number of hydrogen-bond donors (Lipinski definition) is 1. The minimum atomic E-state index is -2.46. The summed E-state index contributed by atoms with van der Waals surface area (Å²) in [4.78, 5) is 0. The molecule has 0 amide bonds. The molecule has 0 aliphatic heterocycles. The third-order valence-electron chi connectivity index (χ3n) is 2.62. The SMILES string of the molecule is CC(C)(C)c1ccc(CC(N)C(F)F)cc1. The van der Waals surface area contributed by atoms with Gasteiger partial charge in [-0.25, -0.2) is 8.78 Å². The number of rotatable bonds is 3. The molecule has 1 atom stereocenters. The molecule has 1 rings (SSSR count). The molecule has 16 heavy (non-hydrogen) atoms. The Labute approximate surface area is 95.7 Å². The number of benzene rings is 1. The number of alkyl halides is 2. The van der Waals surface area contributed by atoms with Crippen LogP contribution in [0.15, 0.2) is 24.3 Å². The van der Waals surface area contributed by atoms with E-state index in [-0.39, 0.29) is 11.8 Å². The third-order valence-corrected chi connectivity index (χ3v) is 2.62. The van der Waals surface area contributed by atoms with Crippen LogP contribution >= 0.6 is 0 Å². The van der Waals surface area contributed by atoms with Crippen LogP contribution in [0.3, 0.4) is 0 Å². The lowest BCUT2D eigenvalue weighted by Gasteiger charge is -2.19. The van der Waals surface area contributed by atoms with Crippen molar-refractivity contribution in [2.75, 3.05) is 0 Å². The fourth-order valence-corrected chi connectivity index (χ4v) is 1.50. The average Bonchev–Trinajstić information content (AvgIpc) is 2.17. The largest absolute Gasteiger partial charge is 0.323 e.